The van der Waals surface area contributed by atoms with Gasteiger partial charge in [0.15, 0.2) is 0 Å². The van der Waals surface area contributed by atoms with Crippen molar-refractivity contribution in [1.29, 1.82) is 0 Å². The van der Waals surface area contributed by atoms with Gasteiger partial charge in [0.1, 0.15) is 5.78 Å². The zero-order valence-corrected chi connectivity index (χ0v) is 3.82. The van der Waals surface area contributed by atoms with E-state index >= 15 is 0 Å². The molecule has 0 aliphatic rings. The summed E-state index contributed by atoms with van der Waals surface area (Å²) < 4.78 is 0. The first-order valence-corrected chi connectivity index (χ1v) is 1.91. The van der Waals surface area contributed by atoms with Gasteiger partial charge in [-0.25, -0.2) is 0 Å². The van der Waals surface area contributed by atoms with Crippen LogP contribution in [0.4, 0.5) is 0 Å². The van der Waals surface area contributed by atoms with Gasteiger partial charge in [-0.15, -0.1) is 0 Å². The summed E-state index contributed by atoms with van der Waals surface area (Å²) in [5, 5.41) is 0. The molecule has 0 saturated heterocycles. The number of carbonyl (C=O) groups is 1. The van der Waals surface area contributed by atoms with E-state index in [1.54, 1.807) is 0 Å². The van der Waals surface area contributed by atoms with E-state index in [9.17, 15) is 4.79 Å². The molecule has 0 aromatic heterocycles. The lowest BCUT2D eigenvalue weighted by Crippen LogP contribution is -1.93. The second kappa shape index (κ2) is 2.85. The summed E-state index contributed by atoms with van der Waals surface area (Å²) in [7, 11) is 0. The van der Waals surface area contributed by atoms with E-state index in [0.717, 1.165) is 0 Å². The number of carbonyl (C=O) groups excluding carboxylic acids is 1. The first kappa shape index (κ1) is 5.63. The van der Waals surface area contributed by atoms with Gasteiger partial charge in [0.2, 0.25) is 0 Å². The summed E-state index contributed by atoms with van der Waals surface area (Å²) in [4.78, 5) is 9.92. The highest BCUT2D eigenvalue weighted by Crippen LogP contribution is 1.73. The highest BCUT2D eigenvalue weighted by molar-refractivity contribution is 5.75. The molecule has 0 fully saturated rings. The van der Waals surface area contributed by atoms with Crippen LogP contribution in [-0.2, 0) is 4.79 Å². The molecule has 35 valence electrons. The van der Waals surface area contributed by atoms with Gasteiger partial charge in [0.25, 0.3) is 0 Å². The molecule has 1 N–H and O–H groups in total. The largest absolute Gasteiger partial charge is 0.300 e. The number of Topliss-reactive ketones (excluding diaryl/α,β-unsaturated/α-hetero) is 1. The topological polar surface area (TPSA) is 40.9 Å². The number of nitrogens with one attached hydrogen (secondary N) is 1. The van der Waals surface area contributed by atoms with Crippen molar-refractivity contribution in [2.45, 2.75) is 13.3 Å². The van der Waals surface area contributed by atoms with Crippen molar-refractivity contribution >= 4 is 5.78 Å². The maximum Gasteiger partial charge on any atom is 0.131 e. The Kier molecular flexibility index (Phi) is 2.67. The molecule has 1 radical (unpaired) electrons. The van der Waals surface area contributed by atoms with Crippen LogP contribution in [0, 0.1) is 0 Å². The van der Waals surface area contributed by atoms with E-state index in [1.807, 2.05) is 0 Å². The molecule has 2 nitrogen and oxygen atoms in total. The minimum Gasteiger partial charge on any atom is -0.300 e. The second-order valence-corrected chi connectivity index (χ2v) is 1.20. The van der Waals surface area contributed by atoms with E-state index < -0.39 is 0 Å². The third-order valence-corrected chi connectivity index (χ3v) is 0.477. The number of hydrogen-bond acceptors (Lipinski definition) is 1. The van der Waals surface area contributed by atoms with Crippen molar-refractivity contribution in [1.82, 2.24) is 5.73 Å². The molecule has 0 unspecified atom stereocenters. The Hall–Kier alpha value is -0.370. The molecule has 0 heterocycles. The van der Waals surface area contributed by atoms with Crippen LogP contribution in [-0.4, -0.2) is 12.3 Å². The Labute approximate surface area is 37.3 Å². The number of hydrogen-bond donors (Lipinski definition) is 0. The maximum absolute atomic E-state index is 9.92. The average molecular weight is 86.1 g/mol. The van der Waals surface area contributed by atoms with Gasteiger partial charge in [-0.3, -0.25) is 10.5 Å². The third kappa shape index (κ3) is 3.63. The SMILES string of the molecule is CC(=O)CC[NH]. The fraction of sp³-hybridized carbons (Fsp3) is 0.750. The Balaban J connectivity index is 2.83. The second-order valence-electron chi connectivity index (χ2n) is 1.20. The zero-order chi connectivity index (χ0) is 4.99. The van der Waals surface area contributed by atoms with Crippen molar-refractivity contribution in [2.75, 3.05) is 6.54 Å². The first-order chi connectivity index (χ1) is 2.77. The van der Waals surface area contributed by atoms with Crippen LogP contribution in [0.25, 0.3) is 0 Å². The van der Waals surface area contributed by atoms with Crippen molar-refractivity contribution < 1.29 is 4.79 Å². The minimum atomic E-state index is 0.102. The number of rotatable bonds is 2. The molecule has 0 amide bonds. The summed E-state index contributed by atoms with van der Waals surface area (Å²) in [5.74, 6) is 0.102. The standard InChI is InChI=1S/C4H8NO/c1-4(6)2-3-5/h5H,2-3H2,1H3. The number of ketones is 1. The molecule has 0 aromatic rings. The highest BCUT2D eigenvalue weighted by atomic mass is 16.1. The van der Waals surface area contributed by atoms with Gasteiger partial charge in [-0.2, -0.15) is 0 Å². The zero-order valence-electron chi connectivity index (χ0n) is 3.82. The molecule has 0 bridgehead atoms. The van der Waals surface area contributed by atoms with Crippen LogP contribution >= 0.6 is 0 Å². The third-order valence-electron chi connectivity index (χ3n) is 0.477. The van der Waals surface area contributed by atoms with Crippen molar-refractivity contribution in [3.63, 3.8) is 0 Å². The Morgan fingerprint density at radius 3 is 2.33 bits per heavy atom. The van der Waals surface area contributed by atoms with Crippen LogP contribution < -0.4 is 5.73 Å². The highest BCUT2D eigenvalue weighted by Gasteiger charge is 1.84. The van der Waals surface area contributed by atoms with Crippen LogP contribution in [0.1, 0.15) is 13.3 Å². The van der Waals surface area contributed by atoms with Crippen LogP contribution in [0.5, 0.6) is 0 Å². The molecule has 0 saturated carbocycles. The molecule has 0 spiro atoms. The van der Waals surface area contributed by atoms with Crippen molar-refractivity contribution in [3.8, 4) is 0 Å². The van der Waals surface area contributed by atoms with E-state index in [0.29, 0.717) is 6.42 Å². The fourth-order valence-corrected chi connectivity index (χ4v) is 0.176. The van der Waals surface area contributed by atoms with E-state index in [2.05, 4.69) is 0 Å². The first-order valence-electron chi connectivity index (χ1n) is 1.91. The maximum atomic E-state index is 9.92. The van der Waals surface area contributed by atoms with Crippen molar-refractivity contribution in [2.24, 2.45) is 0 Å². The lowest BCUT2D eigenvalue weighted by Gasteiger charge is -1.80. The molecule has 0 atom stereocenters. The summed E-state index contributed by atoms with van der Waals surface area (Å²) in [6.45, 7) is 1.73. The molecule has 0 aliphatic carbocycles. The molecule has 0 aliphatic heterocycles. The van der Waals surface area contributed by atoms with E-state index in [4.69, 9.17) is 5.73 Å². The molecule has 0 rings (SSSR count). The minimum absolute atomic E-state index is 0.102. The summed E-state index contributed by atoms with van der Waals surface area (Å²) in [6, 6.07) is 0. The van der Waals surface area contributed by atoms with Gasteiger partial charge >= 0.3 is 0 Å². The summed E-state index contributed by atoms with van der Waals surface area (Å²) in [6.07, 6.45) is 0.403. The van der Waals surface area contributed by atoms with Gasteiger partial charge in [0.05, 0.1) is 0 Å². The molecular weight excluding hydrogens is 78.0 g/mol. The van der Waals surface area contributed by atoms with Crippen molar-refractivity contribution in [3.05, 3.63) is 0 Å². The predicted molar refractivity (Wildman–Crippen MR) is 23.3 cm³/mol. The molecule has 6 heavy (non-hydrogen) atoms. The van der Waals surface area contributed by atoms with E-state index in [-0.39, 0.29) is 12.3 Å². The van der Waals surface area contributed by atoms with Crippen LogP contribution in [0.2, 0.25) is 0 Å². The van der Waals surface area contributed by atoms with Gasteiger partial charge in [-0.05, 0) is 6.92 Å². The summed E-state index contributed by atoms with van der Waals surface area (Å²) >= 11 is 0. The Bertz CT molecular complexity index is 51.5. The lowest BCUT2D eigenvalue weighted by atomic mass is 10.3. The summed E-state index contributed by atoms with van der Waals surface area (Å²) in [5.41, 5.74) is 6.51. The monoisotopic (exact) mass is 86.1 g/mol. The lowest BCUT2D eigenvalue weighted by molar-refractivity contribution is -0.116. The van der Waals surface area contributed by atoms with E-state index in [1.165, 1.54) is 6.92 Å². The quantitative estimate of drug-likeness (QED) is 0.474. The Morgan fingerprint density at radius 1 is 1.83 bits per heavy atom. The average Bonchev–Trinajstić information content (AvgIpc) is 1.35. The molecule has 2 heteroatoms. The van der Waals surface area contributed by atoms with Crippen LogP contribution in [0.15, 0.2) is 0 Å². The Morgan fingerprint density at radius 2 is 2.33 bits per heavy atom. The van der Waals surface area contributed by atoms with Gasteiger partial charge in [0, 0.05) is 13.0 Å². The molecular formula is C4H8NO. The predicted octanol–water partition coefficient (Wildman–Crippen LogP) is 0.248. The van der Waals surface area contributed by atoms with Crippen LogP contribution in [0.3, 0.4) is 0 Å². The molecule has 0 aromatic carbocycles. The van der Waals surface area contributed by atoms with Gasteiger partial charge in [-0.1, -0.05) is 0 Å². The normalized spacial score (nSPS) is 8.33. The smallest absolute Gasteiger partial charge is 0.131 e. The van der Waals surface area contributed by atoms with Gasteiger partial charge < -0.3 is 0 Å². The fourth-order valence-electron chi connectivity index (χ4n) is 0.176.